The third-order valence-electron chi connectivity index (χ3n) is 4.58. The molecule has 2 fully saturated rings. The second-order valence-corrected chi connectivity index (χ2v) is 5.75. The molecule has 1 aromatic heterocycles. The van der Waals surface area contributed by atoms with Gasteiger partial charge < -0.3 is 10.3 Å². The zero-order chi connectivity index (χ0) is 12.2. The van der Waals surface area contributed by atoms with Gasteiger partial charge in [0.15, 0.2) is 0 Å². The Labute approximate surface area is 110 Å². The van der Waals surface area contributed by atoms with E-state index < -0.39 is 0 Å². The first-order chi connectivity index (χ1) is 8.95. The standard InChI is InChI=1S/C15H25N3/c1-2-5-13(6-3-1)15(14-7-4-8-17-14)18-11-9-16-10-12-18/h4,7-8,13,15-17H,1-3,5-6,9-12H2/t15-/m0/s1. The molecule has 2 N–H and O–H groups in total. The highest BCUT2D eigenvalue weighted by molar-refractivity contribution is 5.11. The number of piperazine rings is 1. The Bertz CT molecular complexity index is 317. The molecule has 0 unspecified atom stereocenters. The molecule has 3 rings (SSSR count). The van der Waals surface area contributed by atoms with E-state index in [-0.39, 0.29) is 0 Å². The Balaban J connectivity index is 1.78. The maximum Gasteiger partial charge on any atom is 0.0527 e. The lowest BCUT2D eigenvalue weighted by molar-refractivity contribution is 0.101. The number of H-pyrrole nitrogens is 1. The zero-order valence-electron chi connectivity index (χ0n) is 11.2. The van der Waals surface area contributed by atoms with Crippen molar-refractivity contribution < 1.29 is 0 Å². The van der Waals surface area contributed by atoms with Crippen molar-refractivity contribution in [3.05, 3.63) is 24.0 Å². The fraction of sp³-hybridized carbons (Fsp3) is 0.733. The molecule has 100 valence electrons. The zero-order valence-corrected chi connectivity index (χ0v) is 11.2. The van der Waals surface area contributed by atoms with E-state index in [1.165, 1.54) is 50.9 Å². The summed E-state index contributed by atoms with van der Waals surface area (Å²) in [7, 11) is 0. The average Bonchev–Trinajstić information content (AvgIpc) is 2.95. The monoisotopic (exact) mass is 247 g/mol. The molecule has 1 saturated heterocycles. The first-order valence-electron chi connectivity index (χ1n) is 7.53. The summed E-state index contributed by atoms with van der Waals surface area (Å²) < 4.78 is 0. The molecule has 3 heteroatoms. The highest BCUT2D eigenvalue weighted by Crippen LogP contribution is 2.37. The molecule has 0 bridgehead atoms. The maximum atomic E-state index is 3.47. The Morgan fingerprint density at radius 1 is 1.11 bits per heavy atom. The molecule has 1 aromatic rings. The second kappa shape index (κ2) is 5.89. The Kier molecular flexibility index (Phi) is 4.01. The van der Waals surface area contributed by atoms with Crippen LogP contribution >= 0.6 is 0 Å². The first-order valence-corrected chi connectivity index (χ1v) is 7.53. The SMILES string of the molecule is c1c[nH]c([C@H](C2CCCCC2)N2CCNCC2)c1. The smallest absolute Gasteiger partial charge is 0.0527 e. The molecule has 1 saturated carbocycles. The van der Waals surface area contributed by atoms with Crippen LogP contribution in [-0.2, 0) is 0 Å². The summed E-state index contributed by atoms with van der Waals surface area (Å²) in [6, 6.07) is 5.05. The maximum absolute atomic E-state index is 3.47. The fourth-order valence-corrected chi connectivity index (χ4v) is 3.69. The van der Waals surface area contributed by atoms with Gasteiger partial charge in [-0.1, -0.05) is 19.3 Å². The van der Waals surface area contributed by atoms with Crippen molar-refractivity contribution in [1.82, 2.24) is 15.2 Å². The number of aromatic amines is 1. The second-order valence-electron chi connectivity index (χ2n) is 5.75. The molecule has 1 aliphatic heterocycles. The van der Waals surface area contributed by atoms with Gasteiger partial charge in [-0.25, -0.2) is 0 Å². The lowest BCUT2D eigenvalue weighted by Gasteiger charge is -2.40. The third-order valence-corrected chi connectivity index (χ3v) is 4.58. The van der Waals surface area contributed by atoms with Crippen molar-refractivity contribution >= 4 is 0 Å². The van der Waals surface area contributed by atoms with Gasteiger partial charge in [0.1, 0.15) is 0 Å². The van der Waals surface area contributed by atoms with Crippen LogP contribution in [0.3, 0.4) is 0 Å². The molecule has 18 heavy (non-hydrogen) atoms. The van der Waals surface area contributed by atoms with Crippen LogP contribution < -0.4 is 5.32 Å². The number of rotatable bonds is 3. The highest BCUT2D eigenvalue weighted by atomic mass is 15.2. The van der Waals surface area contributed by atoms with E-state index in [4.69, 9.17) is 0 Å². The summed E-state index contributed by atoms with van der Waals surface area (Å²) in [5.41, 5.74) is 1.43. The summed E-state index contributed by atoms with van der Waals surface area (Å²) in [6.07, 6.45) is 9.19. The van der Waals surface area contributed by atoms with Gasteiger partial charge in [0, 0.05) is 38.1 Å². The number of aromatic nitrogens is 1. The largest absolute Gasteiger partial charge is 0.364 e. The molecule has 0 radical (unpaired) electrons. The van der Waals surface area contributed by atoms with Gasteiger partial charge in [0.25, 0.3) is 0 Å². The molecule has 1 atom stereocenters. The molecule has 2 aliphatic rings. The third kappa shape index (κ3) is 2.62. The summed E-state index contributed by atoms with van der Waals surface area (Å²) >= 11 is 0. The van der Waals surface area contributed by atoms with Gasteiger partial charge in [-0.05, 0) is 30.9 Å². The van der Waals surface area contributed by atoms with Gasteiger partial charge in [-0.3, -0.25) is 4.90 Å². The van der Waals surface area contributed by atoms with Crippen LogP contribution in [0.1, 0.15) is 43.8 Å². The van der Waals surface area contributed by atoms with E-state index in [0.717, 1.165) is 19.0 Å². The lowest BCUT2D eigenvalue weighted by atomic mass is 9.81. The van der Waals surface area contributed by atoms with Crippen LogP contribution in [0.2, 0.25) is 0 Å². The van der Waals surface area contributed by atoms with Crippen LogP contribution in [0, 0.1) is 5.92 Å². The number of nitrogens with zero attached hydrogens (tertiary/aromatic N) is 1. The van der Waals surface area contributed by atoms with E-state index in [1.807, 2.05) is 0 Å². The minimum atomic E-state index is 0.627. The Morgan fingerprint density at radius 3 is 2.56 bits per heavy atom. The molecule has 0 spiro atoms. The predicted molar refractivity (Wildman–Crippen MR) is 74.6 cm³/mol. The van der Waals surface area contributed by atoms with E-state index in [1.54, 1.807) is 0 Å². The molecule has 2 heterocycles. The quantitative estimate of drug-likeness (QED) is 0.860. The van der Waals surface area contributed by atoms with E-state index >= 15 is 0 Å². The van der Waals surface area contributed by atoms with Gasteiger partial charge >= 0.3 is 0 Å². The van der Waals surface area contributed by atoms with Gasteiger partial charge in [0.05, 0.1) is 6.04 Å². The number of nitrogens with one attached hydrogen (secondary N) is 2. The van der Waals surface area contributed by atoms with E-state index in [2.05, 4.69) is 33.5 Å². The molecular weight excluding hydrogens is 222 g/mol. The van der Waals surface area contributed by atoms with Crippen molar-refractivity contribution in [3.63, 3.8) is 0 Å². The van der Waals surface area contributed by atoms with Crippen molar-refractivity contribution in [2.45, 2.75) is 38.1 Å². The lowest BCUT2D eigenvalue weighted by Crippen LogP contribution is -2.47. The van der Waals surface area contributed by atoms with Crippen LogP contribution in [0.25, 0.3) is 0 Å². The van der Waals surface area contributed by atoms with Crippen LogP contribution in [-0.4, -0.2) is 36.1 Å². The van der Waals surface area contributed by atoms with Gasteiger partial charge in [-0.2, -0.15) is 0 Å². The first kappa shape index (κ1) is 12.2. The normalized spacial score (nSPS) is 25.1. The van der Waals surface area contributed by atoms with Crippen molar-refractivity contribution in [1.29, 1.82) is 0 Å². The summed E-state index contributed by atoms with van der Waals surface area (Å²) in [5.74, 6) is 0.857. The van der Waals surface area contributed by atoms with Crippen molar-refractivity contribution in [3.8, 4) is 0 Å². The number of hydrogen-bond donors (Lipinski definition) is 2. The number of hydrogen-bond acceptors (Lipinski definition) is 2. The molecule has 3 nitrogen and oxygen atoms in total. The van der Waals surface area contributed by atoms with E-state index in [9.17, 15) is 0 Å². The minimum absolute atomic E-state index is 0.627. The molecule has 0 amide bonds. The van der Waals surface area contributed by atoms with Crippen molar-refractivity contribution in [2.75, 3.05) is 26.2 Å². The summed E-state index contributed by atoms with van der Waals surface area (Å²) in [5, 5.41) is 3.47. The van der Waals surface area contributed by atoms with Gasteiger partial charge in [-0.15, -0.1) is 0 Å². The van der Waals surface area contributed by atoms with Crippen LogP contribution in [0.5, 0.6) is 0 Å². The topological polar surface area (TPSA) is 31.1 Å². The average molecular weight is 247 g/mol. The molecule has 0 aromatic carbocycles. The highest BCUT2D eigenvalue weighted by Gasteiger charge is 2.31. The molecular formula is C15H25N3. The van der Waals surface area contributed by atoms with Crippen LogP contribution in [0.15, 0.2) is 18.3 Å². The predicted octanol–water partition coefficient (Wildman–Crippen LogP) is 2.54. The molecule has 1 aliphatic carbocycles. The van der Waals surface area contributed by atoms with E-state index in [0.29, 0.717) is 6.04 Å². The van der Waals surface area contributed by atoms with Gasteiger partial charge in [0.2, 0.25) is 0 Å². The Hall–Kier alpha value is -0.800. The van der Waals surface area contributed by atoms with Crippen LogP contribution in [0.4, 0.5) is 0 Å². The summed E-state index contributed by atoms with van der Waals surface area (Å²) in [6.45, 7) is 4.67. The fourth-order valence-electron chi connectivity index (χ4n) is 3.69. The summed E-state index contributed by atoms with van der Waals surface area (Å²) in [4.78, 5) is 6.16. The Morgan fingerprint density at radius 2 is 1.89 bits per heavy atom. The van der Waals surface area contributed by atoms with Crippen molar-refractivity contribution in [2.24, 2.45) is 5.92 Å². The minimum Gasteiger partial charge on any atom is -0.364 e.